The van der Waals surface area contributed by atoms with E-state index in [1.165, 1.54) is 164 Å². The van der Waals surface area contributed by atoms with Crippen LogP contribution in [0.4, 0.5) is 0 Å². The van der Waals surface area contributed by atoms with Crippen molar-refractivity contribution in [2.45, 2.75) is 155 Å². The van der Waals surface area contributed by atoms with E-state index in [1.54, 1.807) is 0 Å². The van der Waals surface area contributed by atoms with Crippen molar-refractivity contribution in [1.82, 2.24) is 0 Å². The molecule has 0 bridgehead atoms. The molecule has 0 saturated heterocycles. The molecule has 0 aliphatic carbocycles. The molecular weight excluding hydrogens is 603 g/mol. The minimum Gasteiger partial charge on any atom is -1.00 e. The highest BCUT2D eigenvalue weighted by Crippen LogP contribution is 2.23. The van der Waals surface area contributed by atoms with Gasteiger partial charge in [-0.05, 0) is 36.8 Å². The van der Waals surface area contributed by atoms with Crippen LogP contribution in [0.25, 0.3) is 11.1 Å². The molecular formula is C42H74Cl2N2. The SMILES string of the molecule is CCCCCCCCCCCC[N+](C)(C)Cc1ccc(-c2ccc(C[N+](C)(C)CCCCCCCCCCCC)cc2)cc1.[Cl-].[Cl-]. The van der Waals surface area contributed by atoms with Crippen LogP contribution in [-0.2, 0) is 13.1 Å². The third kappa shape index (κ3) is 21.7. The molecule has 2 nitrogen and oxygen atoms in total. The molecule has 0 saturated carbocycles. The Labute approximate surface area is 300 Å². The summed E-state index contributed by atoms with van der Waals surface area (Å²) in [6.07, 6.45) is 28.2. The van der Waals surface area contributed by atoms with Gasteiger partial charge in [0.2, 0.25) is 0 Å². The molecule has 266 valence electrons. The fourth-order valence-corrected chi connectivity index (χ4v) is 6.81. The van der Waals surface area contributed by atoms with E-state index in [1.807, 2.05) is 0 Å². The topological polar surface area (TPSA) is 0 Å². The fourth-order valence-electron chi connectivity index (χ4n) is 6.81. The van der Waals surface area contributed by atoms with E-state index >= 15 is 0 Å². The molecule has 0 spiro atoms. The summed E-state index contributed by atoms with van der Waals surface area (Å²) in [5.74, 6) is 0. The Kier molecular flexibility index (Phi) is 26.2. The molecule has 0 amide bonds. The molecule has 0 heterocycles. The summed E-state index contributed by atoms with van der Waals surface area (Å²) >= 11 is 0. The van der Waals surface area contributed by atoms with Crippen LogP contribution in [0, 0.1) is 0 Å². The summed E-state index contributed by atoms with van der Waals surface area (Å²) in [7, 11) is 9.60. The Hall–Kier alpha value is -1.06. The maximum absolute atomic E-state index is 2.40. The van der Waals surface area contributed by atoms with Crippen molar-refractivity contribution >= 4 is 0 Å². The molecule has 4 heteroatoms. The summed E-state index contributed by atoms with van der Waals surface area (Å²) in [6.45, 7) is 9.37. The number of hydrogen-bond donors (Lipinski definition) is 0. The average molecular weight is 678 g/mol. The van der Waals surface area contributed by atoms with Gasteiger partial charge in [-0.3, -0.25) is 0 Å². The van der Waals surface area contributed by atoms with E-state index in [2.05, 4.69) is 90.6 Å². The van der Waals surface area contributed by atoms with Gasteiger partial charge in [-0.25, -0.2) is 0 Å². The second-order valence-corrected chi connectivity index (χ2v) is 15.4. The van der Waals surface area contributed by atoms with E-state index < -0.39 is 0 Å². The Balaban J connectivity index is 0.0000101. The van der Waals surface area contributed by atoms with Gasteiger partial charge < -0.3 is 33.8 Å². The largest absolute Gasteiger partial charge is 1.00 e. The van der Waals surface area contributed by atoms with Crippen LogP contribution in [0.5, 0.6) is 0 Å². The number of nitrogens with zero attached hydrogens (tertiary/aromatic N) is 2. The van der Waals surface area contributed by atoms with Crippen LogP contribution in [0.1, 0.15) is 153 Å². The lowest BCUT2D eigenvalue weighted by Crippen LogP contribution is -3.00. The summed E-state index contributed by atoms with van der Waals surface area (Å²) in [4.78, 5) is 0. The maximum atomic E-state index is 2.40. The van der Waals surface area contributed by atoms with Gasteiger partial charge in [0.1, 0.15) is 13.1 Å². The van der Waals surface area contributed by atoms with Gasteiger partial charge in [-0.1, -0.05) is 165 Å². The lowest BCUT2D eigenvalue weighted by atomic mass is 10.0. The highest BCUT2D eigenvalue weighted by Gasteiger charge is 2.17. The van der Waals surface area contributed by atoms with E-state index in [-0.39, 0.29) is 24.8 Å². The third-order valence-corrected chi connectivity index (χ3v) is 9.70. The first-order chi connectivity index (χ1) is 21.2. The van der Waals surface area contributed by atoms with Gasteiger partial charge in [0, 0.05) is 11.1 Å². The van der Waals surface area contributed by atoms with E-state index in [4.69, 9.17) is 0 Å². The van der Waals surface area contributed by atoms with Gasteiger partial charge in [-0.15, -0.1) is 0 Å². The van der Waals surface area contributed by atoms with Crippen LogP contribution in [-0.4, -0.2) is 50.2 Å². The van der Waals surface area contributed by atoms with Gasteiger partial charge in [-0.2, -0.15) is 0 Å². The number of rotatable bonds is 27. The van der Waals surface area contributed by atoms with Crippen molar-refractivity contribution in [2.24, 2.45) is 0 Å². The van der Waals surface area contributed by atoms with Gasteiger partial charge in [0.25, 0.3) is 0 Å². The Morgan fingerprint density at radius 1 is 0.348 bits per heavy atom. The van der Waals surface area contributed by atoms with Crippen LogP contribution in [0.15, 0.2) is 48.5 Å². The van der Waals surface area contributed by atoms with Crippen molar-refractivity contribution in [2.75, 3.05) is 41.3 Å². The average Bonchev–Trinajstić information content (AvgIpc) is 2.99. The fraction of sp³-hybridized carbons (Fsp3) is 0.714. The maximum Gasteiger partial charge on any atom is 0.104 e. The highest BCUT2D eigenvalue weighted by atomic mass is 35.5. The second kappa shape index (κ2) is 26.8. The van der Waals surface area contributed by atoms with E-state index in [0.717, 1.165) is 22.1 Å². The normalized spacial score (nSPS) is 11.7. The number of halogens is 2. The molecule has 0 aliphatic rings. The molecule has 2 aromatic carbocycles. The summed E-state index contributed by atoms with van der Waals surface area (Å²) in [5.41, 5.74) is 5.57. The Morgan fingerprint density at radius 3 is 0.848 bits per heavy atom. The molecule has 0 N–H and O–H groups in total. The van der Waals surface area contributed by atoms with Crippen LogP contribution in [0.2, 0.25) is 0 Å². The quantitative estimate of drug-likeness (QED) is 0.0764. The summed E-state index contributed by atoms with van der Waals surface area (Å²) in [6, 6.07) is 18.7. The van der Waals surface area contributed by atoms with Gasteiger partial charge >= 0.3 is 0 Å². The minimum absolute atomic E-state index is 0. The van der Waals surface area contributed by atoms with Crippen LogP contribution >= 0.6 is 0 Å². The van der Waals surface area contributed by atoms with E-state index in [0.29, 0.717) is 0 Å². The van der Waals surface area contributed by atoms with E-state index in [9.17, 15) is 0 Å². The molecule has 46 heavy (non-hydrogen) atoms. The molecule has 0 unspecified atom stereocenters. The van der Waals surface area contributed by atoms with Crippen molar-refractivity contribution in [1.29, 1.82) is 0 Å². The van der Waals surface area contributed by atoms with Crippen molar-refractivity contribution in [3.8, 4) is 11.1 Å². The summed E-state index contributed by atoms with van der Waals surface area (Å²) < 4.78 is 2.16. The van der Waals surface area contributed by atoms with Crippen molar-refractivity contribution in [3.05, 3.63) is 59.7 Å². The molecule has 0 radical (unpaired) electrons. The predicted octanol–water partition coefficient (Wildman–Crippen LogP) is 6.36. The number of hydrogen-bond acceptors (Lipinski definition) is 0. The van der Waals surface area contributed by atoms with Crippen molar-refractivity contribution < 1.29 is 33.8 Å². The van der Waals surface area contributed by atoms with Crippen molar-refractivity contribution in [3.63, 3.8) is 0 Å². The first kappa shape index (κ1) is 44.9. The predicted molar refractivity (Wildman–Crippen MR) is 197 cm³/mol. The first-order valence-electron chi connectivity index (χ1n) is 19.1. The third-order valence-electron chi connectivity index (χ3n) is 9.70. The molecule has 0 aromatic heterocycles. The first-order valence-corrected chi connectivity index (χ1v) is 19.1. The number of unbranched alkanes of at least 4 members (excludes halogenated alkanes) is 18. The zero-order valence-corrected chi connectivity index (χ0v) is 32.8. The highest BCUT2D eigenvalue weighted by molar-refractivity contribution is 5.63. The van der Waals surface area contributed by atoms with Crippen LogP contribution < -0.4 is 24.8 Å². The lowest BCUT2D eigenvalue weighted by Gasteiger charge is -2.30. The molecule has 0 aliphatic heterocycles. The monoisotopic (exact) mass is 677 g/mol. The number of quaternary nitrogens is 2. The summed E-state index contributed by atoms with van der Waals surface area (Å²) in [5, 5.41) is 0. The molecule has 0 fully saturated rings. The zero-order valence-electron chi connectivity index (χ0n) is 31.2. The standard InChI is InChI=1S/C42H74N2.2ClH/c1-7-9-11-13-15-17-19-21-23-25-35-43(3,4)37-39-27-31-41(32-28-39)42-33-29-40(30-34-42)38-44(5,6)36-26-24-22-20-18-16-14-12-10-8-2;;/h27-34H,7-26,35-38H2,1-6H3;2*1H/q+2;;/p-2. The Morgan fingerprint density at radius 2 is 0.587 bits per heavy atom. The smallest absolute Gasteiger partial charge is 0.104 e. The molecule has 2 aromatic rings. The lowest BCUT2D eigenvalue weighted by molar-refractivity contribution is -0.903. The van der Waals surface area contributed by atoms with Gasteiger partial charge in [0.15, 0.2) is 0 Å². The second-order valence-electron chi connectivity index (χ2n) is 15.4. The Bertz CT molecular complexity index is 873. The van der Waals surface area contributed by atoms with Gasteiger partial charge in [0.05, 0.1) is 41.3 Å². The minimum atomic E-state index is 0. The molecule has 2 rings (SSSR count). The van der Waals surface area contributed by atoms with Crippen LogP contribution in [0.3, 0.4) is 0 Å². The number of benzene rings is 2. The molecule has 0 atom stereocenters. The zero-order chi connectivity index (χ0) is 31.9.